The molecule has 0 unspecified atom stereocenters. The lowest BCUT2D eigenvalue weighted by molar-refractivity contribution is -0.136. The number of hydrogen-bond acceptors (Lipinski definition) is 4. The van der Waals surface area contributed by atoms with E-state index in [0.717, 1.165) is 12.1 Å². The molecule has 2 aliphatic rings. The van der Waals surface area contributed by atoms with Crippen LogP contribution >= 0.6 is 0 Å². The van der Waals surface area contributed by atoms with Gasteiger partial charge in [0.1, 0.15) is 6.04 Å². The SMILES string of the molecule is CC(=O)N1C[C@H]2C[C@@H](C1)[C@H](C(=O)NCC(=O)NC(C)C)n1c2cccc1=O. The average Bonchev–Trinajstić information content (AvgIpc) is 2.60. The summed E-state index contributed by atoms with van der Waals surface area (Å²) in [6.07, 6.45) is 0.740. The highest BCUT2D eigenvalue weighted by Crippen LogP contribution is 2.41. The molecule has 0 spiro atoms. The lowest BCUT2D eigenvalue weighted by Crippen LogP contribution is -2.54. The molecular weight excluding hydrogens is 348 g/mol. The van der Waals surface area contributed by atoms with Crippen LogP contribution in [-0.2, 0) is 14.4 Å². The van der Waals surface area contributed by atoms with E-state index in [4.69, 9.17) is 0 Å². The standard InChI is InChI=1S/C19H26N4O4/c1-11(2)21-16(25)8-20-19(27)18-14-7-13(9-22(10-14)12(3)24)15-5-4-6-17(26)23(15)18/h4-6,11,13-14,18H,7-10H2,1-3H3,(H,20,27)(H,21,25)/t13-,14+,18-/m1/s1. The van der Waals surface area contributed by atoms with Crippen molar-refractivity contribution in [2.24, 2.45) is 5.92 Å². The van der Waals surface area contributed by atoms with Gasteiger partial charge in [-0.25, -0.2) is 0 Å². The molecule has 2 aliphatic heterocycles. The molecule has 1 aromatic heterocycles. The van der Waals surface area contributed by atoms with Crippen molar-refractivity contribution in [1.29, 1.82) is 0 Å². The predicted molar refractivity (Wildman–Crippen MR) is 99.1 cm³/mol. The number of carbonyl (C=O) groups is 3. The Kier molecular flexibility index (Phi) is 5.34. The molecule has 8 nitrogen and oxygen atoms in total. The van der Waals surface area contributed by atoms with Gasteiger partial charge in [0.05, 0.1) is 6.54 Å². The first-order valence-corrected chi connectivity index (χ1v) is 9.32. The van der Waals surface area contributed by atoms with Gasteiger partial charge in [0.2, 0.25) is 17.7 Å². The van der Waals surface area contributed by atoms with E-state index < -0.39 is 6.04 Å². The summed E-state index contributed by atoms with van der Waals surface area (Å²) in [6.45, 7) is 6.05. The highest BCUT2D eigenvalue weighted by molar-refractivity contribution is 5.87. The number of piperidine rings is 1. The van der Waals surface area contributed by atoms with E-state index in [1.807, 2.05) is 19.9 Å². The second-order valence-corrected chi connectivity index (χ2v) is 7.66. The van der Waals surface area contributed by atoms with Gasteiger partial charge in [0.25, 0.3) is 5.56 Å². The van der Waals surface area contributed by atoms with Crippen LogP contribution in [0, 0.1) is 5.92 Å². The molecule has 1 saturated heterocycles. The molecule has 1 fully saturated rings. The van der Waals surface area contributed by atoms with E-state index in [1.165, 1.54) is 13.0 Å². The fraction of sp³-hybridized carbons (Fsp3) is 0.579. The van der Waals surface area contributed by atoms with Gasteiger partial charge in [-0.1, -0.05) is 6.07 Å². The number of carbonyl (C=O) groups excluding carboxylic acids is 3. The van der Waals surface area contributed by atoms with Gasteiger partial charge in [-0.3, -0.25) is 23.7 Å². The van der Waals surface area contributed by atoms with Gasteiger partial charge >= 0.3 is 0 Å². The Hall–Kier alpha value is -2.64. The minimum atomic E-state index is -0.723. The third-order valence-corrected chi connectivity index (χ3v) is 5.23. The third-order valence-electron chi connectivity index (χ3n) is 5.23. The fourth-order valence-electron chi connectivity index (χ4n) is 4.17. The van der Waals surface area contributed by atoms with E-state index in [0.29, 0.717) is 13.1 Å². The number of aromatic nitrogens is 1. The molecule has 27 heavy (non-hydrogen) atoms. The number of likely N-dealkylation sites (tertiary alicyclic amines) is 1. The van der Waals surface area contributed by atoms with Crippen molar-refractivity contribution in [3.05, 3.63) is 34.2 Å². The van der Waals surface area contributed by atoms with E-state index >= 15 is 0 Å². The summed E-state index contributed by atoms with van der Waals surface area (Å²) in [5, 5.41) is 5.38. The minimum absolute atomic E-state index is 0.0179. The van der Waals surface area contributed by atoms with E-state index in [-0.39, 0.29) is 47.7 Å². The normalized spacial score (nSPS) is 23.6. The van der Waals surface area contributed by atoms with Crippen LogP contribution in [0.2, 0.25) is 0 Å². The van der Waals surface area contributed by atoms with Crippen molar-refractivity contribution >= 4 is 17.7 Å². The molecule has 3 amide bonds. The molecule has 0 saturated carbocycles. The van der Waals surface area contributed by atoms with Gasteiger partial charge in [-0.05, 0) is 26.3 Å². The van der Waals surface area contributed by atoms with Crippen LogP contribution in [0.1, 0.15) is 44.8 Å². The maximum Gasteiger partial charge on any atom is 0.251 e. The fourth-order valence-corrected chi connectivity index (χ4v) is 4.17. The van der Waals surface area contributed by atoms with Crippen LogP contribution in [0.3, 0.4) is 0 Å². The molecule has 0 radical (unpaired) electrons. The van der Waals surface area contributed by atoms with Gasteiger partial charge in [-0.2, -0.15) is 0 Å². The Morgan fingerprint density at radius 2 is 1.96 bits per heavy atom. The van der Waals surface area contributed by atoms with Gasteiger partial charge < -0.3 is 15.5 Å². The van der Waals surface area contributed by atoms with Crippen LogP contribution in [0.5, 0.6) is 0 Å². The summed E-state index contributed by atoms with van der Waals surface area (Å²) in [5.41, 5.74) is 0.543. The molecule has 2 bridgehead atoms. The molecule has 3 heterocycles. The summed E-state index contributed by atoms with van der Waals surface area (Å²) < 4.78 is 1.55. The quantitative estimate of drug-likeness (QED) is 0.774. The summed E-state index contributed by atoms with van der Waals surface area (Å²) in [4.78, 5) is 51.0. The first-order valence-electron chi connectivity index (χ1n) is 9.32. The number of amides is 3. The summed E-state index contributed by atoms with van der Waals surface area (Å²) in [7, 11) is 0. The smallest absolute Gasteiger partial charge is 0.251 e. The monoisotopic (exact) mass is 374 g/mol. The average molecular weight is 374 g/mol. The van der Waals surface area contributed by atoms with Crippen molar-refractivity contribution in [3.63, 3.8) is 0 Å². The second-order valence-electron chi connectivity index (χ2n) is 7.66. The van der Waals surface area contributed by atoms with E-state index in [9.17, 15) is 19.2 Å². The van der Waals surface area contributed by atoms with Gasteiger partial charge in [0, 0.05) is 49.7 Å². The highest BCUT2D eigenvalue weighted by atomic mass is 16.2. The molecule has 3 rings (SSSR count). The van der Waals surface area contributed by atoms with Gasteiger partial charge in [-0.15, -0.1) is 0 Å². The molecule has 8 heteroatoms. The molecule has 0 aliphatic carbocycles. The second kappa shape index (κ2) is 7.54. The van der Waals surface area contributed by atoms with Crippen LogP contribution in [0.15, 0.2) is 23.0 Å². The minimum Gasteiger partial charge on any atom is -0.352 e. The predicted octanol–water partition coefficient (Wildman–Crippen LogP) is -0.00420. The zero-order valence-electron chi connectivity index (χ0n) is 15.9. The Labute approximate surface area is 157 Å². The zero-order valence-corrected chi connectivity index (χ0v) is 15.9. The summed E-state index contributed by atoms with van der Waals surface area (Å²) in [5.74, 6) is -0.797. The zero-order chi connectivity index (χ0) is 19.7. The Balaban J connectivity index is 1.88. The van der Waals surface area contributed by atoms with Crippen molar-refractivity contribution in [2.75, 3.05) is 19.6 Å². The molecule has 0 aromatic carbocycles. The summed E-state index contributed by atoms with van der Waals surface area (Å²) in [6, 6.07) is 4.23. The maximum atomic E-state index is 12.9. The lowest BCUT2D eigenvalue weighted by Gasteiger charge is -2.46. The number of rotatable bonds is 4. The number of fused-ring (bicyclic) bond motifs is 4. The van der Waals surface area contributed by atoms with E-state index in [1.54, 1.807) is 15.5 Å². The topological polar surface area (TPSA) is 101 Å². The molecular formula is C19H26N4O4. The maximum absolute atomic E-state index is 12.9. The van der Waals surface area contributed by atoms with Crippen LogP contribution in [-0.4, -0.2) is 52.9 Å². The third kappa shape index (κ3) is 3.89. The van der Waals surface area contributed by atoms with Crippen molar-refractivity contribution in [3.8, 4) is 0 Å². The lowest BCUT2D eigenvalue weighted by atomic mass is 9.78. The highest BCUT2D eigenvalue weighted by Gasteiger charge is 2.44. The summed E-state index contributed by atoms with van der Waals surface area (Å²) >= 11 is 0. The first-order chi connectivity index (χ1) is 12.8. The number of nitrogens with zero attached hydrogens (tertiary/aromatic N) is 2. The number of nitrogens with one attached hydrogen (secondary N) is 2. The van der Waals surface area contributed by atoms with Crippen LogP contribution in [0.25, 0.3) is 0 Å². The van der Waals surface area contributed by atoms with Crippen LogP contribution < -0.4 is 16.2 Å². The molecule has 2 N–H and O–H groups in total. The van der Waals surface area contributed by atoms with E-state index in [2.05, 4.69) is 10.6 Å². The van der Waals surface area contributed by atoms with Crippen molar-refractivity contribution in [1.82, 2.24) is 20.1 Å². The Bertz CT molecular complexity index is 816. The van der Waals surface area contributed by atoms with Crippen LogP contribution in [0.4, 0.5) is 0 Å². The molecule has 146 valence electrons. The molecule has 1 aromatic rings. The van der Waals surface area contributed by atoms with Gasteiger partial charge in [0.15, 0.2) is 0 Å². The van der Waals surface area contributed by atoms with Crippen molar-refractivity contribution < 1.29 is 14.4 Å². The Morgan fingerprint density at radius 1 is 1.22 bits per heavy atom. The Morgan fingerprint density at radius 3 is 2.63 bits per heavy atom. The largest absolute Gasteiger partial charge is 0.352 e. The number of pyridine rings is 1. The molecule has 3 atom stereocenters. The van der Waals surface area contributed by atoms with Crippen molar-refractivity contribution in [2.45, 2.75) is 45.2 Å². The first kappa shape index (κ1) is 19.1. The number of hydrogen-bond donors (Lipinski definition) is 2.